The summed E-state index contributed by atoms with van der Waals surface area (Å²) in [4.78, 5) is 2.29. The zero-order valence-electron chi connectivity index (χ0n) is 6.95. The third-order valence-electron chi connectivity index (χ3n) is 1.96. The lowest BCUT2D eigenvalue weighted by Crippen LogP contribution is -2.31. The second kappa shape index (κ2) is 4.34. The predicted molar refractivity (Wildman–Crippen MR) is 44.6 cm³/mol. The van der Waals surface area contributed by atoms with Gasteiger partial charge in [-0.2, -0.15) is 0 Å². The SMILES string of the molecule is CC[CH]N1CCC(=NO)CC1. The molecular weight excluding hydrogens is 140 g/mol. The smallest absolute Gasteiger partial charge is 0.0596 e. The van der Waals surface area contributed by atoms with E-state index in [1.54, 1.807) is 0 Å². The lowest BCUT2D eigenvalue weighted by atomic mass is 10.1. The van der Waals surface area contributed by atoms with Gasteiger partial charge in [0.15, 0.2) is 0 Å². The molecule has 1 rings (SSSR count). The highest BCUT2D eigenvalue weighted by Gasteiger charge is 2.13. The van der Waals surface area contributed by atoms with Gasteiger partial charge in [0, 0.05) is 32.5 Å². The molecule has 0 unspecified atom stereocenters. The Labute approximate surface area is 67.7 Å². The van der Waals surface area contributed by atoms with Gasteiger partial charge in [-0.25, -0.2) is 0 Å². The van der Waals surface area contributed by atoms with E-state index < -0.39 is 0 Å². The maximum absolute atomic E-state index is 8.47. The molecule has 11 heavy (non-hydrogen) atoms. The zero-order chi connectivity index (χ0) is 8.10. The molecule has 0 atom stereocenters. The topological polar surface area (TPSA) is 35.8 Å². The van der Waals surface area contributed by atoms with Gasteiger partial charge >= 0.3 is 0 Å². The Morgan fingerprint density at radius 2 is 2.18 bits per heavy atom. The Balaban J connectivity index is 2.24. The fraction of sp³-hybridized carbons (Fsp3) is 0.750. The van der Waals surface area contributed by atoms with Crippen LogP contribution in [0.2, 0.25) is 0 Å². The Hall–Kier alpha value is -0.570. The highest BCUT2D eigenvalue weighted by atomic mass is 16.4. The van der Waals surface area contributed by atoms with Crippen molar-refractivity contribution >= 4 is 5.71 Å². The van der Waals surface area contributed by atoms with Gasteiger partial charge < -0.3 is 5.21 Å². The third-order valence-corrected chi connectivity index (χ3v) is 1.96. The summed E-state index contributed by atoms with van der Waals surface area (Å²) in [5, 5.41) is 11.7. The van der Waals surface area contributed by atoms with Gasteiger partial charge in [0.1, 0.15) is 0 Å². The number of likely N-dealkylation sites (tertiary alicyclic amines) is 1. The molecule has 0 saturated carbocycles. The van der Waals surface area contributed by atoms with Crippen molar-refractivity contribution in [1.82, 2.24) is 4.90 Å². The number of nitrogens with zero attached hydrogens (tertiary/aromatic N) is 2. The monoisotopic (exact) mass is 155 g/mol. The molecule has 1 radical (unpaired) electrons. The largest absolute Gasteiger partial charge is 0.411 e. The third kappa shape index (κ3) is 2.50. The summed E-state index contributed by atoms with van der Waals surface area (Å²) in [5.41, 5.74) is 0.936. The van der Waals surface area contributed by atoms with Crippen LogP contribution < -0.4 is 0 Å². The van der Waals surface area contributed by atoms with Gasteiger partial charge in [-0.05, 0) is 6.42 Å². The Kier molecular flexibility index (Phi) is 3.36. The summed E-state index contributed by atoms with van der Waals surface area (Å²) in [6.45, 7) is 6.35. The fourth-order valence-electron chi connectivity index (χ4n) is 1.32. The molecule has 0 spiro atoms. The molecule has 1 saturated heterocycles. The normalized spacial score (nSPS) is 20.3. The van der Waals surface area contributed by atoms with Gasteiger partial charge in [0.05, 0.1) is 5.71 Å². The minimum atomic E-state index is 0.910. The van der Waals surface area contributed by atoms with Crippen molar-refractivity contribution in [2.45, 2.75) is 26.2 Å². The minimum absolute atomic E-state index is 0.910. The fourth-order valence-corrected chi connectivity index (χ4v) is 1.32. The summed E-state index contributed by atoms with van der Waals surface area (Å²) >= 11 is 0. The molecule has 1 N–H and O–H groups in total. The van der Waals surface area contributed by atoms with E-state index in [1.165, 1.54) is 0 Å². The van der Waals surface area contributed by atoms with E-state index in [0.717, 1.165) is 38.1 Å². The quantitative estimate of drug-likeness (QED) is 0.484. The highest BCUT2D eigenvalue weighted by Crippen LogP contribution is 2.09. The van der Waals surface area contributed by atoms with Crippen LogP contribution in [0.25, 0.3) is 0 Å². The second-order valence-corrected chi connectivity index (χ2v) is 2.79. The van der Waals surface area contributed by atoms with Crippen LogP contribution in [-0.4, -0.2) is 28.9 Å². The molecule has 0 bridgehead atoms. The molecule has 1 heterocycles. The van der Waals surface area contributed by atoms with E-state index >= 15 is 0 Å². The van der Waals surface area contributed by atoms with Crippen molar-refractivity contribution in [2.24, 2.45) is 5.16 Å². The standard InChI is InChI=1S/C8H15N2O/c1-2-5-10-6-3-8(9-11)4-7-10/h5,11H,2-4,6-7H2,1H3. The first-order chi connectivity index (χ1) is 5.36. The second-order valence-electron chi connectivity index (χ2n) is 2.79. The van der Waals surface area contributed by atoms with Crippen LogP contribution in [0.3, 0.4) is 0 Å². The Morgan fingerprint density at radius 3 is 2.64 bits per heavy atom. The average molecular weight is 155 g/mol. The molecule has 1 aliphatic heterocycles. The van der Waals surface area contributed by atoms with E-state index in [4.69, 9.17) is 5.21 Å². The lowest BCUT2D eigenvalue weighted by Gasteiger charge is -2.25. The lowest BCUT2D eigenvalue weighted by molar-refractivity contribution is 0.294. The van der Waals surface area contributed by atoms with Crippen LogP contribution in [0.1, 0.15) is 26.2 Å². The first-order valence-electron chi connectivity index (χ1n) is 4.14. The average Bonchev–Trinajstić information content (AvgIpc) is 2.07. The number of piperidine rings is 1. The van der Waals surface area contributed by atoms with Gasteiger partial charge in [-0.3, -0.25) is 4.90 Å². The molecule has 3 nitrogen and oxygen atoms in total. The van der Waals surface area contributed by atoms with Gasteiger partial charge in [0.2, 0.25) is 0 Å². The number of oxime groups is 1. The minimum Gasteiger partial charge on any atom is -0.411 e. The number of hydrogen-bond acceptors (Lipinski definition) is 3. The molecule has 0 aromatic rings. The predicted octanol–water partition coefficient (Wildman–Crippen LogP) is 1.48. The summed E-state index contributed by atoms with van der Waals surface area (Å²) in [6.07, 6.45) is 2.91. The summed E-state index contributed by atoms with van der Waals surface area (Å²) < 4.78 is 0. The maximum atomic E-state index is 8.47. The number of rotatable bonds is 2. The molecule has 0 aromatic carbocycles. The molecule has 1 aliphatic rings. The zero-order valence-corrected chi connectivity index (χ0v) is 6.95. The summed E-state index contributed by atoms with van der Waals surface area (Å²) in [5.74, 6) is 0. The van der Waals surface area contributed by atoms with Crippen molar-refractivity contribution in [3.05, 3.63) is 6.54 Å². The molecule has 3 heteroatoms. The van der Waals surface area contributed by atoms with E-state index in [-0.39, 0.29) is 0 Å². The van der Waals surface area contributed by atoms with Crippen molar-refractivity contribution in [3.8, 4) is 0 Å². The Bertz CT molecular complexity index is 135. The van der Waals surface area contributed by atoms with E-state index in [0.29, 0.717) is 0 Å². The van der Waals surface area contributed by atoms with Crippen molar-refractivity contribution in [1.29, 1.82) is 0 Å². The van der Waals surface area contributed by atoms with Crippen LogP contribution in [0.5, 0.6) is 0 Å². The van der Waals surface area contributed by atoms with Crippen LogP contribution in [0, 0.1) is 6.54 Å². The van der Waals surface area contributed by atoms with Crippen molar-refractivity contribution in [3.63, 3.8) is 0 Å². The number of hydrogen-bond donors (Lipinski definition) is 1. The molecule has 0 amide bonds. The first-order valence-corrected chi connectivity index (χ1v) is 4.14. The van der Waals surface area contributed by atoms with Crippen LogP contribution in [0.15, 0.2) is 5.16 Å². The van der Waals surface area contributed by atoms with E-state index in [9.17, 15) is 0 Å². The van der Waals surface area contributed by atoms with Gasteiger partial charge in [-0.1, -0.05) is 12.1 Å². The molecule has 0 aliphatic carbocycles. The van der Waals surface area contributed by atoms with E-state index in [1.807, 2.05) is 0 Å². The van der Waals surface area contributed by atoms with E-state index in [2.05, 4.69) is 23.5 Å². The highest BCUT2D eigenvalue weighted by molar-refractivity contribution is 5.84. The Morgan fingerprint density at radius 1 is 1.55 bits per heavy atom. The molecule has 0 aromatic heterocycles. The van der Waals surface area contributed by atoms with Crippen molar-refractivity contribution < 1.29 is 5.21 Å². The molecule has 1 fully saturated rings. The van der Waals surface area contributed by atoms with Crippen LogP contribution >= 0.6 is 0 Å². The summed E-state index contributed by atoms with van der Waals surface area (Å²) in [6, 6.07) is 0. The van der Waals surface area contributed by atoms with Gasteiger partial charge in [0.25, 0.3) is 0 Å². The molecule has 63 valence electrons. The van der Waals surface area contributed by atoms with Crippen LogP contribution in [0.4, 0.5) is 0 Å². The molecular formula is C8H15N2O. The first kappa shape index (κ1) is 8.53. The van der Waals surface area contributed by atoms with Crippen molar-refractivity contribution in [2.75, 3.05) is 13.1 Å². The van der Waals surface area contributed by atoms with Gasteiger partial charge in [-0.15, -0.1) is 0 Å². The maximum Gasteiger partial charge on any atom is 0.0596 e. The van der Waals surface area contributed by atoms with Crippen LogP contribution in [-0.2, 0) is 0 Å². The summed E-state index contributed by atoms with van der Waals surface area (Å²) in [7, 11) is 0.